The highest BCUT2D eigenvalue weighted by molar-refractivity contribution is 7.09. The molecule has 4 nitrogen and oxygen atoms in total. The van der Waals surface area contributed by atoms with Gasteiger partial charge in [0.05, 0.1) is 5.01 Å². The SMILES string of the molecule is O=C(CCc1ccncc1)N1CCC[C@@H](c2nccs2)C1. The van der Waals surface area contributed by atoms with E-state index in [0.29, 0.717) is 12.3 Å². The number of hydrogen-bond acceptors (Lipinski definition) is 4. The minimum atomic E-state index is 0.257. The summed E-state index contributed by atoms with van der Waals surface area (Å²) in [5.41, 5.74) is 1.17. The Kier molecular flexibility index (Phi) is 4.60. The summed E-state index contributed by atoms with van der Waals surface area (Å²) in [5, 5.41) is 3.18. The summed E-state index contributed by atoms with van der Waals surface area (Å²) >= 11 is 1.70. The number of aromatic nitrogens is 2. The second-order valence-electron chi connectivity index (χ2n) is 5.40. The van der Waals surface area contributed by atoms with Crippen LogP contribution in [0.5, 0.6) is 0 Å². The molecule has 0 spiro atoms. The molecule has 3 heterocycles. The average molecular weight is 301 g/mol. The van der Waals surface area contributed by atoms with Crippen molar-refractivity contribution in [2.24, 2.45) is 0 Å². The zero-order chi connectivity index (χ0) is 14.5. The largest absolute Gasteiger partial charge is 0.342 e. The van der Waals surface area contributed by atoms with Crippen LogP contribution in [0.15, 0.2) is 36.1 Å². The van der Waals surface area contributed by atoms with Crippen molar-refractivity contribution in [1.29, 1.82) is 0 Å². The van der Waals surface area contributed by atoms with Crippen molar-refractivity contribution in [3.63, 3.8) is 0 Å². The molecule has 0 aliphatic carbocycles. The van der Waals surface area contributed by atoms with Gasteiger partial charge in [-0.25, -0.2) is 4.98 Å². The minimum absolute atomic E-state index is 0.257. The maximum absolute atomic E-state index is 12.4. The topological polar surface area (TPSA) is 46.1 Å². The van der Waals surface area contributed by atoms with Gasteiger partial charge in [0.25, 0.3) is 0 Å². The number of hydrogen-bond donors (Lipinski definition) is 0. The van der Waals surface area contributed by atoms with Crippen molar-refractivity contribution < 1.29 is 4.79 Å². The van der Waals surface area contributed by atoms with E-state index in [1.165, 1.54) is 10.6 Å². The highest BCUT2D eigenvalue weighted by atomic mass is 32.1. The van der Waals surface area contributed by atoms with E-state index in [9.17, 15) is 4.79 Å². The zero-order valence-corrected chi connectivity index (χ0v) is 12.8. The van der Waals surface area contributed by atoms with Crippen LogP contribution in [-0.4, -0.2) is 33.9 Å². The summed E-state index contributed by atoms with van der Waals surface area (Å²) in [5.74, 6) is 0.677. The number of carbonyl (C=O) groups is 1. The number of rotatable bonds is 4. The van der Waals surface area contributed by atoms with E-state index >= 15 is 0 Å². The first-order valence-corrected chi connectivity index (χ1v) is 8.27. The van der Waals surface area contributed by atoms with Crippen LogP contribution in [0.2, 0.25) is 0 Å². The summed E-state index contributed by atoms with van der Waals surface area (Å²) < 4.78 is 0. The van der Waals surface area contributed by atoms with E-state index in [4.69, 9.17) is 0 Å². The molecule has 0 saturated carbocycles. The molecule has 0 bridgehead atoms. The van der Waals surface area contributed by atoms with Gasteiger partial charge in [-0.15, -0.1) is 11.3 Å². The molecule has 0 radical (unpaired) electrons. The molecule has 2 aromatic heterocycles. The van der Waals surface area contributed by atoms with Crippen LogP contribution in [0.4, 0.5) is 0 Å². The predicted molar refractivity (Wildman–Crippen MR) is 83.2 cm³/mol. The predicted octanol–water partition coefficient (Wildman–Crippen LogP) is 2.88. The molecule has 1 saturated heterocycles. The molecule has 1 atom stereocenters. The number of piperidine rings is 1. The minimum Gasteiger partial charge on any atom is -0.342 e. The molecule has 0 aromatic carbocycles. The summed E-state index contributed by atoms with van der Waals surface area (Å²) in [7, 11) is 0. The van der Waals surface area contributed by atoms with Gasteiger partial charge < -0.3 is 4.90 Å². The first-order valence-electron chi connectivity index (χ1n) is 7.39. The van der Waals surface area contributed by atoms with Gasteiger partial charge in [-0.1, -0.05) is 0 Å². The number of carbonyl (C=O) groups excluding carboxylic acids is 1. The Morgan fingerprint density at radius 1 is 1.33 bits per heavy atom. The smallest absolute Gasteiger partial charge is 0.222 e. The lowest BCUT2D eigenvalue weighted by atomic mass is 9.98. The molecule has 21 heavy (non-hydrogen) atoms. The van der Waals surface area contributed by atoms with E-state index in [1.807, 2.05) is 28.6 Å². The van der Waals surface area contributed by atoms with Crippen LogP contribution >= 0.6 is 11.3 Å². The van der Waals surface area contributed by atoms with Crippen molar-refractivity contribution in [3.05, 3.63) is 46.7 Å². The third-order valence-corrected chi connectivity index (χ3v) is 4.89. The Hall–Kier alpha value is -1.75. The van der Waals surface area contributed by atoms with E-state index in [2.05, 4.69) is 9.97 Å². The van der Waals surface area contributed by atoms with Gasteiger partial charge in [-0.05, 0) is 37.0 Å². The van der Waals surface area contributed by atoms with Gasteiger partial charge in [-0.2, -0.15) is 0 Å². The number of nitrogens with zero attached hydrogens (tertiary/aromatic N) is 3. The van der Waals surface area contributed by atoms with Gasteiger partial charge in [0.15, 0.2) is 0 Å². The molecule has 2 aromatic rings. The molecule has 1 fully saturated rings. The monoisotopic (exact) mass is 301 g/mol. The van der Waals surface area contributed by atoms with Crippen molar-refractivity contribution in [3.8, 4) is 0 Å². The van der Waals surface area contributed by atoms with Crippen LogP contribution in [0.25, 0.3) is 0 Å². The molecule has 0 N–H and O–H groups in total. The quantitative estimate of drug-likeness (QED) is 0.872. The molecule has 1 amide bonds. The van der Waals surface area contributed by atoms with E-state index in [1.54, 1.807) is 23.7 Å². The molecule has 1 aliphatic rings. The Morgan fingerprint density at radius 3 is 2.95 bits per heavy atom. The standard InChI is InChI=1S/C16H19N3OS/c20-15(4-3-13-5-7-17-8-6-13)19-10-1-2-14(12-19)16-18-9-11-21-16/h5-9,11,14H,1-4,10,12H2/t14-/m1/s1. The molecular formula is C16H19N3OS. The summed E-state index contributed by atoms with van der Waals surface area (Å²) in [6.45, 7) is 1.71. The normalized spacial score (nSPS) is 18.7. The number of amides is 1. The van der Waals surface area contributed by atoms with E-state index < -0.39 is 0 Å². The lowest BCUT2D eigenvalue weighted by Crippen LogP contribution is -2.39. The molecule has 5 heteroatoms. The fourth-order valence-electron chi connectivity index (χ4n) is 2.80. The Labute approximate surface area is 128 Å². The van der Waals surface area contributed by atoms with Gasteiger partial charge in [0.1, 0.15) is 0 Å². The van der Waals surface area contributed by atoms with E-state index in [-0.39, 0.29) is 5.91 Å². The van der Waals surface area contributed by atoms with Crippen molar-refractivity contribution in [1.82, 2.24) is 14.9 Å². The maximum atomic E-state index is 12.4. The Balaban J connectivity index is 1.55. The fourth-order valence-corrected chi connectivity index (χ4v) is 3.57. The van der Waals surface area contributed by atoms with E-state index in [0.717, 1.165) is 32.4 Å². The Morgan fingerprint density at radius 2 is 2.19 bits per heavy atom. The molecule has 3 rings (SSSR count). The lowest BCUT2D eigenvalue weighted by molar-refractivity contribution is -0.132. The number of thiazole rings is 1. The zero-order valence-electron chi connectivity index (χ0n) is 11.9. The van der Waals surface area contributed by atoms with Gasteiger partial charge in [-0.3, -0.25) is 9.78 Å². The van der Waals surface area contributed by atoms with Crippen molar-refractivity contribution >= 4 is 17.2 Å². The molecule has 1 aliphatic heterocycles. The summed E-state index contributed by atoms with van der Waals surface area (Å²) in [6.07, 6.45) is 8.99. The summed E-state index contributed by atoms with van der Waals surface area (Å²) in [4.78, 5) is 22.8. The highest BCUT2D eigenvalue weighted by Crippen LogP contribution is 2.28. The van der Waals surface area contributed by atoms with Crippen LogP contribution in [0, 0.1) is 0 Å². The van der Waals surface area contributed by atoms with Crippen LogP contribution in [-0.2, 0) is 11.2 Å². The summed E-state index contributed by atoms with van der Waals surface area (Å²) in [6, 6.07) is 3.95. The fraction of sp³-hybridized carbons (Fsp3) is 0.438. The molecule has 0 unspecified atom stereocenters. The highest BCUT2D eigenvalue weighted by Gasteiger charge is 2.25. The second-order valence-corrected chi connectivity index (χ2v) is 6.33. The van der Waals surface area contributed by atoms with Crippen molar-refractivity contribution in [2.75, 3.05) is 13.1 Å². The molecule has 110 valence electrons. The van der Waals surface area contributed by atoms with Crippen molar-refractivity contribution in [2.45, 2.75) is 31.6 Å². The van der Waals surface area contributed by atoms with Gasteiger partial charge in [0, 0.05) is 49.4 Å². The first kappa shape index (κ1) is 14.2. The van der Waals surface area contributed by atoms with Gasteiger partial charge >= 0.3 is 0 Å². The number of aryl methyl sites for hydroxylation is 1. The first-order chi connectivity index (χ1) is 10.3. The van der Waals surface area contributed by atoms with Crippen LogP contribution in [0.1, 0.15) is 35.8 Å². The third-order valence-electron chi connectivity index (χ3n) is 3.95. The Bertz CT molecular complexity index is 570. The molecular weight excluding hydrogens is 282 g/mol. The van der Waals surface area contributed by atoms with Crippen LogP contribution in [0.3, 0.4) is 0 Å². The number of likely N-dealkylation sites (tertiary alicyclic amines) is 1. The second kappa shape index (κ2) is 6.80. The van der Waals surface area contributed by atoms with Gasteiger partial charge in [0.2, 0.25) is 5.91 Å². The number of pyridine rings is 1. The third kappa shape index (κ3) is 3.67. The van der Waals surface area contributed by atoms with Crippen LogP contribution < -0.4 is 0 Å². The average Bonchev–Trinajstić information content (AvgIpc) is 3.08. The maximum Gasteiger partial charge on any atom is 0.222 e. The lowest BCUT2D eigenvalue weighted by Gasteiger charge is -2.32.